The van der Waals surface area contributed by atoms with Gasteiger partial charge in [0.15, 0.2) is 0 Å². The largest absolute Gasteiger partial charge is 0.326 e. The molecule has 4 nitrogen and oxygen atoms in total. The van der Waals surface area contributed by atoms with Gasteiger partial charge < -0.3 is 10.2 Å². The molecule has 0 heterocycles. The van der Waals surface area contributed by atoms with Crippen LogP contribution in [0.2, 0.25) is 0 Å². The van der Waals surface area contributed by atoms with E-state index in [0.717, 1.165) is 28.1 Å². The van der Waals surface area contributed by atoms with Crippen molar-refractivity contribution in [3.05, 3.63) is 59.2 Å². The van der Waals surface area contributed by atoms with E-state index < -0.39 is 0 Å². The Bertz CT molecular complexity index is 796. The van der Waals surface area contributed by atoms with Gasteiger partial charge in [0.1, 0.15) is 0 Å². The smallest absolute Gasteiger partial charge is 0.226 e. The van der Waals surface area contributed by atoms with Gasteiger partial charge in [-0.1, -0.05) is 49.7 Å². The Labute approximate surface area is 156 Å². The lowest BCUT2D eigenvalue weighted by atomic mass is 10.0. The van der Waals surface area contributed by atoms with Crippen LogP contribution in [0.3, 0.4) is 0 Å². The highest BCUT2D eigenvalue weighted by Crippen LogP contribution is 2.24. The van der Waals surface area contributed by atoms with E-state index in [-0.39, 0.29) is 18.2 Å². The van der Waals surface area contributed by atoms with Crippen LogP contribution >= 0.6 is 0 Å². The van der Waals surface area contributed by atoms with Crippen molar-refractivity contribution in [2.75, 3.05) is 16.8 Å². The Morgan fingerprint density at radius 2 is 1.77 bits per heavy atom. The van der Waals surface area contributed by atoms with Crippen LogP contribution in [-0.4, -0.2) is 18.4 Å². The van der Waals surface area contributed by atoms with Gasteiger partial charge in [0.05, 0.1) is 0 Å². The molecule has 0 saturated heterocycles. The summed E-state index contributed by atoms with van der Waals surface area (Å²) < 4.78 is 0. The van der Waals surface area contributed by atoms with Crippen LogP contribution in [-0.2, 0) is 9.59 Å². The summed E-state index contributed by atoms with van der Waals surface area (Å²) >= 11 is 0. The summed E-state index contributed by atoms with van der Waals surface area (Å²) in [6.07, 6.45) is 0.249. The molecule has 0 saturated carbocycles. The molecule has 0 unspecified atom stereocenters. The third kappa shape index (κ3) is 4.94. The van der Waals surface area contributed by atoms with Crippen LogP contribution in [0.25, 0.3) is 0 Å². The quantitative estimate of drug-likeness (QED) is 0.811. The van der Waals surface area contributed by atoms with E-state index in [2.05, 4.69) is 19.2 Å². The summed E-state index contributed by atoms with van der Waals surface area (Å²) in [6, 6.07) is 13.8. The van der Waals surface area contributed by atoms with Crippen LogP contribution in [0.15, 0.2) is 42.5 Å². The molecule has 0 aliphatic heterocycles. The first-order chi connectivity index (χ1) is 12.3. The Hall–Kier alpha value is -2.62. The van der Waals surface area contributed by atoms with E-state index in [4.69, 9.17) is 0 Å². The minimum atomic E-state index is -0.0888. The zero-order valence-electron chi connectivity index (χ0n) is 16.3. The lowest BCUT2D eigenvalue weighted by molar-refractivity contribution is -0.117. The third-order valence-corrected chi connectivity index (χ3v) is 4.44. The molecule has 2 aromatic carbocycles. The Kier molecular flexibility index (Phi) is 6.56. The Morgan fingerprint density at radius 1 is 1.08 bits per heavy atom. The number of carbonyl (C=O) groups excluding carboxylic acids is 2. The van der Waals surface area contributed by atoms with Crippen LogP contribution in [0.5, 0.6) is 0 Å². The van der Waals surface area contributed by atoms with Crippen molar-refractivity contribution in [3.8, 4) is 0 Å². The topological polar surface area (TPSA) is 49.4 Å². The number of nitrogens with zero attached hydrogens (tertiary/aromatic N) is 1. The van der Waals surface area contributed by atoms with Crippen molar-refractivity contribution in [1.82, 2.24) is 0 Å². The fraction of sp³-hybridized carbons (Fsp3) is 0.364. The normalized spacial score (nSPS) is 10.7. The lowest BCUT2D eigenvalue weighted by Crippen LogP contribution is -2.32. The summed E-state index contributed by atoms with van der Waals surface area (Å²) in [7, 11) is 0. The van der Waals surface area contributed by atoms with Gasteiger partial charge in [-0.3, -0.25) is 9.59 Å². The summed E-state index contributed by atoms with van der Waals surface area (Å²) in [5, 5.41) is 2.98. The van der Waals surface area contributed by atoms with E-state index >= 15 is 0 Å². The highest BCUT2D eigenvalue weighted by molar-refractivity contribution is 5.95. The minimum absolute atomic E-state index is 0.0627. The highest BCUT2D eigenvalue weighted by Gasteiger charge is 2.16. The van der Waals surface area contributed by atoms with E-state index in [1.807, 2.05) is 56.3 Å². The van der Waals surface area contributed by atoms with Crippen molar-refractivity contribution in [2.24, 2.45) is 0 Å². The van der Waals surface area contributed by atoms with E-state index in [0.29, 0.717) is 12.5 Å². The standard InChI is InChI=1S/C22H28N2O2/c1-15(2)19-8-6-7-9-20(19)23-22(26)12-13-24(18(5)25)21-11-10-16(3)14-17(21)4/h6-11,14-15H,12-13H2,1-5H3,(H,23,26). The lowest BCUT2D eigenvalue weighted by Gasteiger charge is -2.23. The average molecular weight is 352 g/mol. The first-order valence-corrected chi connectivity index (χ1v) is 9.03. The first-order valence-electron chi connectivity index (χ1n) is 9.03. The monoisotopic (exact) mass is 352 g/mol. The van der Waals surface area contributed by atoms with Crippen LogP contribution < -0.4 is 10.2 Å². The molecular formula is C22H28N2O2. The van der Waals surface area contributed by atoms with Gasteiger partial charge in [-0.15, -0.1) is 0 Å². The van der Waals surface area contributed by atoms with Gasteiger partial charge >= 0.3 is 0 Å². The maximum absolute atomic E-state index is 12.4. The number of hydrogen-bond donors (Lipinski definition) is 1. The van der Waals surface area contributed by atoms with Gasteiger partial charge in [0.2, 0.25) is 11.8 Å². The molecule has 0 bridgehead atoms. The maximum atomic E-state index is 12.4. The molecule has 26 heavy (non-hydrogen) atoms. The molecule has 0 atom stereocenters. The summed E-state index contributed by atoms with van der Waals surface area (Å²) in [6.45, 7) is 10.1. The summed E-state index contributed by atoms with van der Waals surface area (Å²) in [4.78, 5) is 26.2. The molecule has 1 N–H and O–H groups in total. The van der Waals surface area contributed by atoms with Gasteiger partial charge in [-0.05, 0) is 43.0 Å². The number of amides is 2. The first kappa shape index (κ1) is 19.7. The molecule has 0 spiro atoms. The SMILES string of the molecule is CC(=O)N(CCC(=O)Nc1ccccc1C(C)C)c1ccc(C)cc1C. The predicted molar refractivity (Wildman–Crippen MR) is 108 cm³/mol. The molecule has 0 aromatic heterocycles. The van der Waals surface area contributed by atoms with E-state index in [1.165, 1.54) is 6.92 Å². The van der Waals surface area contributed by atoms with Crippen LogP contribution in [0.4, 0.5) is 11.4 Å². The molecule has 0 aliphatic rings. The van der Waals surface area contributed by atoms with Gasteiger partial charge in [0, 0.05) is 31.3 Å². The maximum Gasteiger partial charge on any atom is 0.226 e. The zero-order chi connectivity index (χ0) is 19.3. The molecule has 4 heteroatoms. The predicted octanol–water partition coefficient (Wildman–Crippen LogP) is 4.81. The minimum Gasteiger partial charge on any atom is -0.326 e. The van der Waals surface area contributed by atoms with Crippen molar-refractivity contribution >= 4 is 23.2 Å². The van der Waals surface area contributed by atoms with E-state index in [9.17, 15) is 9.59 Å². The van der Waals surface area contributed by atoms with Gasteiger partial charge in [-0.25, -0.2) is 0 Å². The molecule has 2 aromatic rings. The second-order valence-corrected chi connectivity index (χ2v) is 7.00. The number of carbonyl (C=O) groups is 2. The van der Waals surface area contributed by atoms with E-state index in [1.54, 1.807) is 4.90 Å². The van der Waals surface area contributed by atoms with Crippen LogP contribution in [0, 0.1) is 13.8 Å². The number of benzene rings is 2. The third-order valence-electron chi connectivity index (χ3n) is 4.44. The Balaban J connectivity index is 2.08. The molecule has 2 amide bonds. The molecule has 2 rings (SSSR count). The molecule has 0 fully saturated rings. The number of aryl methyl sites for hydroxylation is 2. The van der Waals surface area contributed by atoms with Crippen molar-refractivity contribution in [2.45, 2.75) is 47.0 Å². The fourth-order valence-corrected chi connectivity index (χ4v) is 3.10. The average Bonchev–Trinajstić information content (AvgIpc) is 2.56. The second kappa shape index (κ2) is 8.65. The van der Waals surface area contributed by atoms with Crippen molar-refractivity contribution < 1.29 is 9.59 Å². The number of para-hydroxylation sites is 1. The van der Waals surface area contributed by atoms with Crippen molar-refractivity contribution in [3.63, 3.8) is 0 Å². The van der Waals surface area contributed by atoms with Crippen LogP contribution in [0.1, 0.15) is 49.8 Å². The van der Waals surface area contributed by atoms with Crippen molar-refractivity contribution in [1.29, 1.82) is 0 Å². The molecular weight excluding hydrogens is 324 g/mol. The summed E-state index contributed by atoms with van der Waals surface area (Å²) in [5.41, 5.74) is 4.99. The number of rotatable bonds is 6. The van der Waals surface area contributed by atoms with Gasteiger partial charge in [-0.2, -0.15) is 0 Å². The fourth-order valence-electron chi connectivity index (χ4n) is 3.10. The van der Waals surface area contributed by atoms with Gasteiger partial charge in [0.25, 0.3) is 0 Å². The highest BCUT2D eigenvalue weighted by atomic mass is 16.2. The zero-order valence-corrected chi connectivity index (χ0v) is 16.3. The Morgan fingerprint density at radius 3 is 2.38 bits per heavy atom. The summed E-state index contributed by atoms with van der Waals surface area (Å²) in [5.74, 6) is 0.178. The second-order valence-electron chi connectivity index (χ2n) is 7.00. The molecule has 0 radical (unpaired) electrons. The number of anilines is 2. The molecule has 0 aliphatic carbocycles. The number of hydrogen-bond acceptors (Lipinski definition) is 2. The number of nitrogens with one attached hydrogen (secondary N) is 1. The molecule has 138 valence electrons.